The normalized spacial score (nSPS) is 15.2. The number of amides is 1. The number of carbonyl (C=O) groups is 2. The van der Waals surface area contributed by atoms with E-state index in [1.54, 1.807) is 39.0 Å². The molecule has 0 saturated carbocycles. The van der Waals surface area contributed by atoms with Crippen molar-refractivity contribution in [3.05, 3.63) is 35.9 Å². The van der Waals surface area contributed by atoms with Crippen LogP contribution in [0.25, 0.3) is 0 Å². The van der Waals surface area contributed by atoms with E-state index in [2.05, 4.69) is 5.32 Å². The van der Waals surface area contributed by atoms with Crippen LogP contribution < -0.4 is 5.32 Å². The van der Waals surface area contributed by atoms with Crippen molar-refractivity contribution in [2.45, 2.75) is 32.4 Å². The summed E-state index contributed by atoms with van der Waals surface area (Å²) in [5.41, 5.74) is -0.617. The van der Waals surface area contributed by atoms with Gasteiger partial charge in [0.1, 0.15) is 5.60 Å². The van der Waals surface area contributed by atoms with E-state index in [1.165, 1.54) is 12.1 Å². The van der Waals surface area contributed by atoms with Gasteiger partial charge < -0.3 is 15.2 Å². The van der Waals surface area contributed by atoms with Crippen LogP contribution in [0.5, 0.6) is 0 Å². The second-order valence-electron chi connectivity index (χ2n) is 4.67. The molecule has 5 nitrogen and oxygen atoms in total. The molecule has 0 bridgehead atoms. The molecule has 98 valence electrons. The molecule has 1 rings (SSSR count). The monoisotopic (exact) mass is 252 g/mol. The summed E-state index contributed by atoms with van der Waals surface area (Å²) in [6.07, 6.45) is -0.950. The summed E-state index contributed by atoms with van der Waals surface area (Å²) in [5.74, 6) is -1.48. The number of alkyl carbamates (subject to hydrolysis) is 1. The van der Waals surface area contributed by atoms with E-state index >= 15 is 0 Å². The number of hydrogen-bond acceptors (Lipinski definition) is 3. The molecule has 0 heterocycles. The van der Waals surface area contributed by atoms with Crippen LogP contribution in [0.15, 0.2) is 30.3 Å². The first-order chi connectivity index (χ1) is 8.65. The summed E-state index contributed by atoms with van der Waals surface area (Å²) in [6.45, 7) is 4.96. The van der Waals surface area contributed by atoms with Gasteiger partial charge in [0.25, 0.3) is 0 Å². The van der Waals surface area contributed by atoms with E-state index in [1.807, 2.05) is 0 Å². The maximum Gasteiger partial charge on any atom is 0.408 e. The molecular weight excluding hydrogens is 234 g/mol. The van der Waals surface area contributed by atoms with Crippen LogP contribution in [-0.4, -0.2) is 22.8 Å². The lowest BCUT2D eigenvalue weighted by molar-refractivity contribution is -0.139. The first-order valence-electron chi connectivity index (χ1n) is 5.95. The predicted molar refractivity (Wildman–Crippen MR) is 66.2 cm³/mol. The van der Waals surface area contributed by atoms with E-state index in [0.717, 1.165) is 0 Å². The van der Waals surface area contributed by atoms with E-state index in [9.17, 15) is 14.7 Å². The second-order valence-corrected chi connectivity index (χ2v) is 4.67. The first kappa shape index (κ1) is 12.4. The molecule has 1 amide bonds. The predicted octanol–water partition coefficient (Wildman–Crippen LogP) is 2.34. The lowest BCUT2D eigenvalue weighted by Gasteiger charge is -2.22. The average molecular weight is 252 g/mol. The largest absolute Gasteiger partial charge is 0.479 e. The lowest BCUT2D eigenvalue weighted by atomic mass is 10.1. The number of carboxylic acid groups (broad SMARTS) is 1. The van der Waals surface area contributed by atoms with Gasteiger partial charge >= 0.3 is 12.1 Å². The Kier molecular flexibility index (Phi) is 3.82. The number of benzene rings is 1. The zero-order valence-corrected chi connectivity index (χ0v) is 10.6. The van der Waals surface area contributed by atoms with E-state index in [0.29, 0.717) is 0 Å². The number of carboxylic acids is 1. The topological polar surface area (TPSA) is 75.6 Å². The maximum atomic E-state index is 11.6. The number of rotatable bonds is 3. The van der Waals surface area contributed by atoms with Crippen molar-refractivity contribution in [1.29, 1.82) is 0 Å². The summed E-state index contributed by atoms with van der Waals surface area (Å²) < 4.78 is 12.9. The fraction of sp³-hybridized carbons (Fsp3) is 0.385. The van der Waals surface area contributed by atoms with Gasteiger partial charge in [0.05, 0.1) is 1.37 Å². The third-order valence-corrected chi connectivity index (χ3v) is 1.90. The molecule has 1 aromatic rings. The van der Waals surface area contributed by atoms with Crippen LogP contribution in [0.4, 0.5) is 4.79 Å². The van der Waals surface area contributed by atoms with Gasteiger partial charge in [-0.2, -0.15) is 0 Å². The third kappa shape index (κ3) is 4.45. The summed E-state index contributed by atoms with van der Waals surface area (Å²) in [5, 5.41) is 11.2. The summed E-state index contributed by atoms with van der Waals surface area (Å²) in [7, 11) is 0. The number of aliphatic carboxylic acids is 1. The van der Waals surface area contributed by atoms with Crippen molar-refractivity contribution in [3.63, 3.8) is 0 Å². The standard InChI is InChI=1S/C13H17NO4/c1-13(2,3)18-12(17)14-10(11(15)16)9-7-5-4-6-8-9/h4-8,10H,1-3H3,(H,14,17)(H,15,16)/t10-/m0/s1/i10D. The molecule has 0 aliphatic rings. The van der Waals surface area contributed by atoms with Crippen molar-refractivity contribution >= 4 is 12.1 Å². The van der Waals surface area contributed by atoms with Crippen LogP contribution in [-0.2, 0) is 9.53 Å². The maximum absolute atomic E-state index is 11.6. The molecule has 0 fully saturated rings. The van der Waals surface area contributed by atoms with Gasteiger partial charge in [-0.1, -0.05) is 30.3 Å². The molecule has 1 atom stereocenters. The van der Waals surface area contributed by atoms with Crippen LogP contribution in [0.3, 0.4) is 0 Å². The highest BCUT2D eigenvalue weighted by Crippen LogP contribution is 2.14. The van der Waals surface area contributed by atoms with Crippen LogP contribution in [0.1, 0.15) is 33.7 Å². The smallest absolute Gasteiger partial charge is 0.408 e. The fourth-order valence-corrected chi connectivity index (χ4v) is 1.26. The molecule has 2 N–H and O–H groups in total. The number of ether oxygens (including phenoxy) is 1. The average Bonchev–Trinajstić information content (AvgIpc) is 2.27. The zero-order chi connectivity index (χ0) is 14.7. The second kappa shape index (κ2) is 5.53. The van der Waals surface area contributed by atoms with Gasteiger partial charge in [-0.15, -0.1) is 0 Å². The quantitative estimate of drug-likeness (QED) is 0.865. The van der Waals surface area contributed by atoms with Crippen molar-refractivity contribution in [1.82, 2.24) is 5.32 Å². The minimum Gasteiger partial charge on any atom is -0.479 e. The Hall–Kier alpha value is -2.04. The third-order valence-electron chi connectivity index (χ3n) is 1.90. The number of nitrogens with one attached hydrogen (secondary N) is 1. The van der Waals surface area contributed by atoms with Gasteiger partial charge in [-0.3, -0.25) is 0 Å². The summed E-state index contributed by atoms with van der Waals surface area (Å²) in [4.78, 5) is 22.9. The molecule has 18 heavy (non-hydrogen) atoms. The van der Waals surface area contributed by atoms with Gasteiger partial charge in [0.2, 0.25) is 0 Å². The van der Waals surface area contributed by atoms with Crippen LogP contribution >= 0.6 is 0 Å². The van der Waals surface area contributed by atoms with E-state index in [-0.39, 0.29) is 5.56 Å². The van der Waals surface area contributed by atoms with E-state index in [4.69, 9.17) is 6.11 Å². The Labute approximate surface area is 107 Å². The summed E-state index contributed by atoms with van der Waals surface area (Å²) in [6, 6.07) is 5.52. The van der Waals surface area contributed by atoms with Crippen molar-refractivity contribution in [2.75, 3.05) is 0 Å². The van der Waals surface area contributed by atoms with Crippen LogP contribution in [0, 0.1) is 0 Å². The Morgan fingerprint density at radius 2 is 1.89 bits per heavy atom. The zero-order valence-electron chi connectivity index (χ0n) is 11.6. The molecule has 0 radical (unpaired) electrons. The highest BCUT2D eigenvalue weighted by Gasteiger charge is 2.24. The molecule has 0 aliphatic carbocycles. The molecule has 0 spiro atoms. The molecular formula is C13H17NO4. The lowest BCUT2D eigenvalue weighted by Crippen LogP contribution is -2.38. The molecule has 0 aliphatic heterocycles. The highest BCUT2D eigenvalue weighted by atomic mass is 16.6. The van der Waals surface area contributed by atoms with Crippen LogP contribution in [0.2, 0.25) is 0 Å². The Bertz CT molecular complexity index is 469. The molecule has 0 aromatic heterocycles. The number of carbonyl (C=O) groups excluding carboxylic acids is 1. The fourth-order valence-electron chi connectivity index (χ4n) is 1.26. The molecule has 1 aromatic carbocycles. The highest BCUT2D eigenvalue weighted by molar-refractivity contribution is 5.81. The molecule has 0 unspecified atom stereocenters. The van der Waals surface area contributed by atoms with Gasteiger partial charge in [-0.25, -0.2) is 9.59 Å². The molecule has 0 saturated heterocycles. The Morgan fingerprint density at radius 3 is 2.33 bits per heavy atom. The van der Waals surface area contributed by atoms with Crippen molar-refractivity contribution < 1.29 is 20.8 Å². The number of hydrogen-bond donors (Lipinski definition) is 2. The Balaban J connectivity index is 2.97. The SMILES string of the molecule is [2H][C@@](NC(=O)OC(C)(C)C)(C(=O)O)c1ccccc1. The minimum atomic E-state index is -2.27. The van der Waals surface area contributed by atoms with Crippen molar-refractivity contribution in [3.8, 4) is 0 Å². The van der Waals surface area contributed by atoms with Gasteiger partial charge in [-0.05, 0) is 26.3 Å². The summed E-state index contributed by atoms with van der Waals surface area (Å²) >= 11 is 0. The molecule has 5 heteroatoms. The van der Waals surface area contributed by atoms with Gasteiger partial charge in [0.15, 0.2) is 6.02 Å². The van der Waals surface area contributed by atoms with Crippen molar-refractivity contribution in [2.24, 2.45) is 0 Å². The minimum absolute atomic E-state index is 0.147. The Morgan fingerprint density at radius 1 is 1.33 bits per heavy atom. The first-order valence-corrected chi connectivity index (χ1v) is 5.45. The van der Waals surface area contributed by atoms with E-state index < -0.39 is 23.7 Å². The van der Waals surface area contributed by atoms with Gasteiger partial charge in [0, 0.05) is 0 Å².